The Morgan fingerprint density at radius 1 is 0.828 bits per heavy atom. The van der Waals surface area contributed by atoms with Crippen molar-refractivity contribution in [3.05, 3.63) is 23.8 Å². The van der Waals surface area contributed by atoms with E-state index in [0.29, 0.717) is 0 Å². The van der Waals surface area contributed by atoms with E-state index in [1.54, 1.807) is 9.00 Å². The number of hydrogen-bond donors (Lipinski definition) is 0. The summed E-state index contributed by atoms with van der Waals surface area (Å²) in [6.45, 7) is 17.1. The number of fused-ring (bicyclic) bond motifs is 3. The molecule has 0 amide bonds. The summed E-state index contributed by atoms with van der Waals surface area (Å²) < 4.78 is 12.3. The Hall–Kier alpha value is -0.466. The van der Waals surface area contributed by atoms with Gasteiger partial charge in [0.15, 0.2) is 0 Å². The molecule has 0 aliphatic heterocycles. The van der Waals surface area contributed by atoms with E-state index in [-0.39, 0.29) is 6.10 Å². The van der Waals surface area contributed by atoms with Crippen LogP contribution in [0.15, 0.2) is 18.2 Å². The zero-order valence-electron chi connectivity index (χ0n) is 19.6. The predicted molar refractivity (Wildman–Crippen MR) is 142 cm³/mol. The van der Waals surface area contributed by atoms with E-state index in [1.165, 1.54) is 51.4 Å². The number of ether oxygens (including phenoxy) is 1. The number of rotatable bonds is 9. The van der Waals surface area contributed by atoms with Crippen molar-refractivity contribution in [1.29, 1.82) is 0 Å². The maximum absolute atomic E-state index is 6.07. The van der Waals surface area contributed by atoms with Crippen LogP contribution in [0.4, 0.5) is 0 Å². The van der Waals surface area contributed by atoms with Crippen LogP contribution in [0.5, 0.6) is 0 Å². The zero-order valence-corrected chi connectivity index (χ0v) is 23.2. The number of hydrogen-bond acceptors (Lipinski definition) is 3. The van der Waals surface area contributed by atoms with Crippen LogP contribution in [0.1, 0.15) is 50.7 Å². The van der Waals surface area contributed by atoms with Crippen LogP contribution < -0.4 is 9.00 Å². The first-order valence-electron chi connectivity index (χ1n) is 11.1. The average Bonchev–Trinajstić information content (AvgIpc) is 3.24. The lowest BCUT2D eigenvalue weighted by molar-refractivity contribution is 0.0944. The van der Waals surface area contributed by atoms with Crippen LogP contribution in [0.25, 0.3) is 20.2 Å². The normalized spacial score (nSPS) is 14.2. The Morgan fingerprint density at radius 2 is 1.45 bits per heavy atom. The van der Waals surface area contributed by atoms with Gasteiger partial charge in [-0.15, -0.1) is 22.7 Å². The molecule has 2 aromatic heterocycles. The predicted octanol–water partition coefficient (Wildman–Crippen LogP) is 7.86. The molecule has 0 aliphatic rings. The summed E-state index contributed by atoms with van der Waals surface area (Å²) in [5, 5.41) is 2.90. The molecule has 160 valence electrons. The van der Waals surface area contributed by atoms with Gasteiger partial charge >= 0.3 is 0 Å². The van der Waals surface area contributed by atoms with Gasteiger partial charge in [0.25, 0.3) is 0 Å². The maximum atomic E-state index is 6.07. The first-order valence-corrected chi connectivity index (χ1v) is 19.7. The average molecular weight is 463 g/mol. The van der Waals surface area contributed by atoms with Crippen LogP contribution in [0, 0.1) is 0 Å². The van der Waals surface area contributed by atoms with Gasteiger partial charge in [-0.2, -0.15) is 0 Å². The zero-order chi connectivity index (χ0) is 21.4. The molecule has 3 rings (SSSR count). The summed E-state index contributed by atoms with van der Waals surface area (Å²) in [5.74, 6) is 0. The summed E-state index contributed by atoms with van der Waals surface area (Å²) >= 11 is 4.12. The Bertz CT molecular complexity index is 973. The van der Waals surface area contributed by atoms with Gasteiger partial charge in [-0.25, -0.2) is 0 Å². The third kappa shape index (κ3) is 5.06. The van der Waals surface area contributed by atoms with Gasteiger partial charge in [0.05, 0.1) is 31.7 Å². The molecular formula is C24H38OS2Si2. The first-order chi connectivity index (χ1) is 13.6. The quantitative estimate of drug-likeness (QED) is 0.232. The molecule has 0 saturated heterocycles. The number of thiophene rings is 2. The molecule has 1 aromatic carbocycles. The molecule has 1 nitrogen and oxygen atoms in total. The van der Waals surface area contributed by atoms with Crippen molar-refractivity contribution in [2.75, 3.05) is 7.11 Å². The highest BCUT2D eigenvalue weighted by molar-refractivity contribution is 7.37. The lowest BCUT2D eigenvalue weighted by Gasteiger charge is -2.17. The fraction of sp³-hybridized carbons (Fsp3) is 0.583. The third-order valence-corrected chi connectivity index (χ3v) is 15.4. The van der Waals surface area contributed by atoms with Crippen LogP contribution >= 0.6 is 22.7 Å². The van der Waals surface area contributed by atoms with E-state index in [4.69, 9.17) is 4.74 Å². The Morgan fingerprint density at radius 3 is 2.03 bits per heavy atom. The van der Waals surface area contributed by atoms with E-state index in [0.717, 1.165) is 6.42 Å². The molecule has 0 fully saturated rings. The van der Waals surface area contributed by atoms with E-state index in [1.807, 2.05) is 7.11 Å². The summed E-state index contributed by atoms with van der Waals surface area (Å²) in [6, 6.07) is 7.48. The molecular weight excluding hydrogens is 425 g/mol. The molecule has 5 heteroatoms. The number of methoxy groups -OCH3 is 1. The Labute approximate surface area is 187 Å². The number of unbranched alkanes of at least 4 members (excludes halogenated alkanes) is 3. The molecule has 0 bridgehead atoms. The van der Waals surface area contributed by atoms with Crippen molar-refractivity contribution >= 4 is 68.0 Å². The fourth-order valence-electron chi connectivity index (χ4n) is 3.87. The first kappa shape index (κ1) is 23.2. The third-order valence-electron chi connectivity index (χ3n) is 5.75. The van der Waals surface area contributed by atoms with E-state index >= 15 is 0 Å². The largest absolute Gasteiger partial charge is 0.377 e. The van der Waals surface area contributed by atoms with Crippen molar-refractivity contribution in [3.8, 4) is 0 Å². The molecule has 0 spiro atoms. The van der Waals surface area contributed by atoms with Gasteiger partial charge in [-0.1, -0.05) is 71.9 Å². The van der Waals surface area contributed by atoms with Gasteiger partial charge in [-0.05, 0) is 50.0 Å². The lowest BCUT2D eigenvalue weighted by Crippen LogP contribution is -2.34. The topological polar surface area (TPSA) is 9.23 Å². The fourth-order valence-corrected chi connectivity index (χ4v) is 10.1. The van der Waals surface area contributed by atoms with E-state index < -0.39 is 16.1 Å². The van der Waals surface area contributed by atoms with Crippen molar-refractivity contribution in [2.45, 2.75) is 84.4 Å². The van der Waals surface area contributed by atoms with Gasteiger partial charge in [0, 0.05) is 7.11 Å². The lowest BCUT2D eigenvalue weighted by atomic mass is 9.98. The highest BCUT2D eigenvalue weighted by Crippen LogP contribution is 2.40. The molecule has 2 heterocycles. The summed E-state index contributed by atoms with van der Waals surface area (Å²) in [7, 11) is -0.766. The molecule has 0 saturated carbocycles. The van der Waals surface area contributed by atoms with Crippen molar-refractivity contribution in [1.82, 2.24) is 0 Å². The molecule has 1 unspecified atom stereocenters. The molecule has 29 heavy (non-hydrogen) atoms. The van der Waals surface area contributed by atoms with Crippen LogP contribution in [0.3, 0.4) is 0 Å². The SMILES string of the molecule is CCCCCCC(OC)c1cc2cc([Si](C)(C)C)sc2c2sc([Si](C)(C)C)cc12. The van der Waals surface area contributed by atoms with Crippen molar-refractivity contribution in [2.24, 2.45) is 0 Å². The minimum atomic E-state index is -1.35. The summed E-state index contributed by atoms with van der Waals surface area (Å²) in [6.07, 6.45) is 6.50. The second-order valence-corrected chi connectivity index (χ2v) is 23.3. The van der Waals surface area contributed by atoms with E-state index in [9.17, 15) is 0 Å². The molecule has 0 aliphatic carbocycles. The van der Waals surface area contributed by atoms with E-state index in [2.05, 4.69) is 87.1 Å². The van der Waals surface area contributed by atoms with Crippen LogP contribution in [-0.4, -0.2) is 23.3 Å². The van der Waals surface area contributed by atoms with Crippen molar-refractivity contribution < 1.29 is 4.74 Å². The second-order valence-electron chi connectivity index (χ2n) is 10.4. The minimum Gasteiger partial charge on any atom is -0.377 e. The molecule has 0 radical (unpaired) electrons. The standard InChI is InChI=1S/C24H38OS2Si2/c1-9-10-11-12-13-20(25-2)18-14-17-15-21(28(3,4)5)26-23(17)24-19(18)16-22(27-24)29(6,7)8/h14-16,20H,9-13H2,1-8H3. The molecule has 3 aromatic rings. The second kappa shape index (κ2) is 8.95. The van der Waals surface area contributed by atoms with Crippen molar-refractivity contribution in [3.63, 3.8) is 0 Å². The molecule has 1 atom stereocenters. The van der Waals surface area contributed by atoms with Gasteiger partial charge in [0.2, 0.25) is 0 Å². The monoisotopic (exact) mass is 462 g/mol. The summed E-state index contributed by atoms with van der Waals surface area (Å²) in [5.41, 5.74) is 1.42. The molecule has 0 N–H and O–H groups in total. The van der Waals surface area contributed by atoms with Gasteiger partial charge < -0.3 is 4.74 Å². The van der Waals surface area contributed by atoms with Gasteiger partial charge in [-0.3, -0.25) is 0 Å². The highest BCUT2D eigenvalue weighted by Gasteiger charge is 2.26. The summed E-state index contributed by atoms with van der Waals surface area (Å²) in [4.78, 5) is 0. The maximum Gasteiger partial charge on any atom is 0.0904 e. The smallest absolute Gasteiger partial charge is 0.0904 e. The Kier molecular flexibility index (Phi) is 7.16. The highest BCUT2D eigenvalue weighted by atomic mass is 32.1. The number of benzene rings is 1. The Balaban J connectivity index is 2.17. The van der Waals surface area contributed by atoms with Crippen LogP contribution in [-0.2, 0) is 4.74 Å². The minimum absolute atomic E-state index is 0.207. The van der Waals surface area contributed by atoms with Crippen LogP contribution in [0.2, 0.25) is 39.3 Å². The van der Waals surface area contributed by atoms with Gasteiger partial charge in [0.1, 0.15) is 0 Å².